The number of hydrogen-bond acceptors (Lipinski definition) is 5. The molecule has 0 saturated heterocycles. The second-order valence-corrected chi connectivity index (χ2v) is 12.8. The van der Waals surface area contributed by atoms with Gasteiger partial charge in [-0.05, 0) is 89.5 Å². The van der Waals surface area contributed by atoms with Crippen molar-refractivity contribution >= 4 is 35.4 Å². The number of rotatable bonds is 14. The molecule has 3 unspecified atom stereocenters. The molecule has 0 aliphatic heterocycles. The van der Waals surface area contributed by atoms with Gasteiger partial charge in [0.2, 0.25) is 0 Å². The van der Waals surface area contributed by atoms with Gasteiger partial charge < -0.3 is 16.2 Å². The van der Waals surface area contributed by atoms with E-state index < -0.39 is 12.0 Å². The molecule has 2 aromatic rings. The second-order valence-electron chi connectivity index (χ2n) is 10.5. The van der Waals surface area contributed by atoms with E-state index in [1.807, 2.05) is 61.3 Å². The number of aryl methyl sites for hydroxylation is 1. The first-order valence-corrected chi connectivity index (χ1v) is 16.5. The largest absolute Gasteiger partial charge is 1.00 e. The van der Waals surface area contributed by atoms with Crippen molar-refractivity contribution in [2.45, 2.75) is 70.9 Å². The fourth-order valence-corrected chi connectivity index (χ4v) is 6.86. The van der Waals surface area contributed by atoms with Crippen LogP contribution in [0.3, 0.4) is 0 Å². The maximum atomic E-state index is 13.4. The monoisotopic (exact) mass is 563 g/mol. The molecule has 0 bridgehead atoms. The molecule has 2 aromatic carbocycles. The molecule has 208 valence electrons. The Morgan fingerprint density at radius 2 is 1.82 bits per heavy atom. The third-order valence-corrected chi connectivity index (χ3v) is 9.44. The normalized spacial score (nSPS) is 16.1. The van der Waals surface area contributed by atoms with Crippen LogP contribution in [0.4, 0.5) is 0 Å². The van der Waals surface area contributed by atoms with Crippen LogP contribution in [0.15, 0.2) is 42.5 Å². The smallest absolute Gasteiger partial charge is 0.480 e. The topological polar surface area (TPSA) is 92.4 Å². The summed E-state index contributed by atoms with van der Waals surface area (Å²) in [7, 11) is 0. The van der Waals surface area contributed by atoms with Gasteiger partial charge in [-0.2, -0.15) is 23.5 Å². The van der Waals surface area contributed by atoms with Gasteiger partial charge in [0.15, 0.2) is 0 Å². The predicted molar refractivity (Wildman–Crippen MR) is 163 cm³/mol. The Morgan fingerprint density at radius 3 is 2.46 bits per heavy atom. The van der Waals surface area contributed by atoms with E-state index in [-0.39, 0.29) is 30.8 Å². The van der Waals surface area contributed by atoms with Crippen molar-refractivity contribution in [1.29, 1.82) is 0 Å². The fourth-order valence-electron chi connectivity index (χ4n) is 5.50. The van der Waals surface area contributed by atoms with E-state index >= 15 is 0 Å². The number of amides is 1. The van der Waals surface area contributed by atoms with E-state index in [9.17, 15) is 14.7 Å². The minimum Gasteiger partial charge on any atom is -0.480 e. The second kappa shape index (κ2) is 17.5. The van der Waals surface area contributed by atoms with Gasteiger partial charge in [-0.3, -0.25) is 4.79 Å². The van der Waals surface area contributed by atoms with Crippen molar-refractivity contribution in [2.24, 2.45) is 17.6 Å². The van der Waals surface area contributed by atoms with Crippen molar-refractivity contribution in [3.05, 3.63) is 59.2 Å². The maximum Gasteiger partial charge on any atom is 1.00 e. The van der Waals surface area contributed by atoms with Crippen LogP contribution in [-0.4, -0.2) is 46.5 Å². The van der Waals surface area contributed by atoms with E-state index in [0.29, 0.717) is 23.7 Å². The van der Waals surface area contributed by atoms with E-state index in [1.54, 1.807) is 11.8 Å². The quantitative estimate of drug-likeness (QED) is 0.302. The number of carboxylic acid groups (broad SMARTS) is 1. The van der Waals surface area contributed by atoms with Gasteiger partial charge in [-0.1, -0.05) is 69.4 Å². The van der Waals surface area contributed by atoms with Gasteiger partial charge in [0.25, 0.3) is 5.91 Å². The molecule has 4 N–H and O–H groups in total. The van der Waals surface area contributed by atoms with Gasteiger partial charge in [-0.25, -0.2) is 4.79 Å². The van der Waals surface area contributed by atoms with Crippen LogP contribution >= 0.6 is 23.5 Å². The summed E-state index contributed by atoms with van der Waals surface area (Å²) in [6, 6.07) is 12.9. The third kappa shape index (κ3) is 9.90. The van der Waals surface area contributed by atoms with Gasteiger partial charge in [0, 0.05) is 11.6 Å². The van der Waals surface area contributed by atoms with Crippen LogP contribution in [0.1, 0.15) is 79.4 Å². The Morgan fingerprint density at radius 1 is 1.10 bits per heavy atom. The molecule has 0 aromatic heterocycles. The van der Waals surface area contributed by atoms with Crippen molar-refractivity contribution in [3.63, 3.8) is 0 Å². The molecule has 1 amide bonds. The Balaban J connectivity index is 0.00000533. The molecule has 1 fully saturated rings. The minimum atomic E-state index is -1.01. The summed E-state index contributed by atoms with van der Waals surface area (Å²) in [5.41, 5.74) is 11.3. The Kier molecular flexibility index (Phi) is 15.1. The number of carboxylic acids is 1. The van der Waals surface area contributed by atoms with Crippen molar-refractivity contribution in [1.82, 2.24) is 5.32 Å². The number of benzene rings is 2. The summed E-state index contributed by atoms with van der Waals surface area (Å²) in [6.45, 7) is 4.23. The standard InChI is InChI=1S/C31H44N2O3S2.Li/c1-4-38-20-24(18-22-11-6-5-7-12-22)29(32)23-14-15-26(27(19-23)25-13-9-8-10-21(25)2)30(34)33-28(31(35)36)16-17-37-3;/h8-10,13-15,19,22,24,28-29H,4-7,11-12,16-18,20,32H2,1-3H3,(H,33,34)(H,35,36);/q;+1. The minimum absolute atomic E-state index is 0. The summed E-state index contributed by atoms with van der Waals surface area (Å²) >= 11 is 3.52. The molecule has 5 nitrogen and oxygen atoms in total. The SMILES string of the molecule is CCSCC(CC1CCCCC1)C(N)c1ccc(C(=O)NC(CCSC)C(=O)O)c(-c2ccccc2C)c1.[Li+]. The Labute approximate surface area is 255 Å². The van der Waals surface area contributed by atoms with Crippen LogP contribution in [0, 0.1) is 18.8 Å². The van der Waals surface area contributed by atoms with Crippen LogP contribution in [0.5, 0.6) is 0 Å². The van der Waals surface area contributed by atoms with Crippen molar-refractivity contribution in [2.75, 3.05) is 23.5 Å². The number of carbonyl (C=O) groups excluding carboxylic acids is 1. The number of hydrogen-bond donors (Lipinski definition) is 3. The van der Waals surface area contributed by atoms with Crippen LogP contribution < -0.4 is 29.9 Å². The molecule has 1 saturated carbocycles. The molecule has 0 heterocycles. The number of nitrogens with two attached hydrogens (primary N) is 1. The van der Waals surface area contributed by atoms with E-state index in [1.165, 1.54) is 32.1 Å². The zero-order chi connectivity index (χ0) is 27.5. The Bertz CT molecular complexity index is 1060. The molecular weight excluding hydrogens is 519 g/mol. The predicted octanol–water partition coefficient (Wildman–Crippen LogP) is 3.94. The number of thioether (sulfide) groups is 2. The zero-order valence-corrected chi connectivity index (χ0v) is 25.7. The van der Waals surface area contributed by atoms with Gasteiger partial charge in [0.1, 0.15) is 6.04 Å². The molecule has 3 atom stereocenters. The molecule has 8 heteroatoms. The first-order chi connectivity index (χ1) is 18.3. The van der Waals surface area contributed by atoms with E-state index in [0.717, 1.165) is 46.1 Å². The van der Waals surface area contributed by atoms with Crippen molar-refractivity contribution in [3.8, 4) is 11.1 Å². The van der Waals surface area contributed by atoms with E-state index in [2.05, 4.69) is 18.3 Å². The van der Waals surface area contributed by atoms with Crippen LogP contribution in [-0.2, 0) is 4.79 Å². The van der Waals surface area contributed by atoms with Crippen molar-refractivity contribution < 1.29 is 33.6 Å². The molecule has 1 aliphatic carbocycles. The van der Waals surface area contributed by atoms with Gasteiger partial charge in [-0.15, -0.1) is 0 Å². The van der Waals surface area contributed by atoms with Crippen LogP contribution in [0.25, 0.3) is 11.1 Å². The van der Waals surface area contributed by atoms with E-state index in [4.69, 9.17) is 5.73 Å². The first kappa shape index (κ1) is 33.8. The maximum absolute atomic E-state index is 13.4. The molecule has 39 heavy (non-hydrogen) atoms. The number of carbonyl (C=O) groups is 2. The van der Waals surface area contributed by atoms with Gasteiger partial charge in [0.05, 0.1) is 0 Å². The number of aliphatic carboxylic acids is 1. The molecule has 3 rings (SSSR count). The summed E-state index contributed by atoms with van der Waals surface area (Å²) < 4.78 is 0. The summed E-state index contributed by atoms with van der Waals surface area (Å²) in [6.07, 6.45) is 10.0. The summed E-state index contributed by atoms with van der Waals surface area (Å²) in [4.78, 5) is 25.2. The molecular formula is C31H44LiN2O3S2+. The average molecular weight is 564 g/mol. The molecule has 0 radical (unpaired) electrons. The third-order valence-electron chi connectivity index (χ3n) is 7.73. The first-order valence-electron chi connectivity index (χ1n) is 13.9. The van der Waals surface area contributed by atoms with Gasteiger partial charge >= 0.3 is 24.8 Å². The summed E-state index contributed by atoms with van der Waals surface area (Å²) in [5, 5.41) is 12.4. The zero-order valence-electron chi connectivity index (χ0n) is 24.1. The fraction of sp³-hybridized carbons (Fsp3) is 0.548. The van der Waals surface area contributed by atoms with Crippen LogP contribution in [0.2, 0.25) is 0 Å². The summed E-state index contributed by atoms with van der Waals surface area (Å²) in [5.74, 6) is 2.50. The molecule has 1 aliphatic rings. The number of nitrogens with one attached hydrogen (secondary N) is 1. The average Bonchev–Trinajstić information content (AvgIpc) is 2.93. The Hall–Kier alpha value is -1.36. The molecule has 0 spiro atoms.